The summed E-state index contributed by atoms with van der Waals surface area (Å²) in [5.74, 6) is 0.682. The van der Waals surface area contributed by atoms with Gasteiger partial charge in [0.15, 0.2) is 12.0 Å². The van der Waals surface area contributed by atoms with E-state index in [-0.39, 0.29) is 0 Å². The van der Waals surface area contributed by atoms with E-state index in [1.54, 1.807) is 0 Å². The van der Waals surface area contributed by atoms with Crippen molar-refractivity contribution in [1.29, 1.82) is 0 Å². The molecule has 0 amide bonds. The molecule has 0 aliphatic heterocycles. The number of nitro groups is 1. The average molecular weight is 567 g/mol. The molecule has 0 saturated heterocycles. The molecule has 0 atom stereocenters. The van der Waals surface area contributed by atoms with E-state index in [1.165, 1.54) is 24.3 Å². The predicted octanol–water partition coefficient (Wildman–Crippen LogP) is 2.83. The minimum Gasteiger partial charge on any atom is -0.258 e. The van der Waals surface area contributed by atoms with Crippen LogP contribution in [0.25, 0.3) is 0 Å². The second-order valence-corrected chi connectivity index (χ2v) is 14.4. The van der Waals surface area contributed by atoms with Gasteiger partial charge in [-0.15, -0.1) is 0 Å². The Morgan fingerprint density at radius 3 is 1.62 bits per heavy atom. The second kappa shape index (κ2) is 10.1. The SMILES string of the molecule is CC(C)c1ccc([I+](OS(=O)(=O)c2ccccc2[N+](=O)[O-])c2ccc(C(C)C)cc2)cc1. The number of nitrogens with zero attached hydrogens (tertiary/aromatic N) is 1. The van der Waals surface area contributed by atoms with Crippen molar-refractivity contribution >= 4 is 15.8 Å². The molecule has 3 aromatic rings. The van der Waals surface area contributed by atoms with Gasteiger partial charge in [0, 0.05) is 6.07 Å². The monoisotopic (exact) mass is 567 g/mol. The van der Waals surface area contributed by atoms with Gasteiger partial charge >= 0.3 is 30.4 Å². The minimum atomic E-state index is -4.36. The van der Waals surface area contributed by atoms with Crippen molar-refractivity contribution in [2.24, 2.45) is 0 Å². The van der Waals surface area contributed by atoms with Gasteiger partial charge in [-0.05, 0) is 55.8 Å². The number of hydrogen-bond donors (Lipinski definition) is 0. The van der Waals surface area contributed by atoms with Gasteiger partial charge in [0.1, 0.15) is 0 Å². The number of rotatable bonds is 8. The molecule has 32 heavy (non-hydrogen) atoms. The predicted molar refractivity (Wildman–Crippen MR) is 120 cm³/mol. The van der Waals surface area contributed by atoms with Gasteiger partial charge in [0.25, 0.3) is 5.69 Å². The van der Waals surface area contributed by atoms with Crippen molar-refractivity contribution in [3.05, 3.63) is 101 Å². The highest BCUT2D eigenvalue weighted by atomic mass is 127. The number of benzene rings is 3. The molecule has 0 spiro atoms. The van der Waals surface area contributed by atoms with Crippen molar-refractivity contribution in [3.63, 3.8) is 0 Å². The second-order valence-electron chi connectivity index (χ2n) is 7.90. The molecule has 0 heterocycles. The zero-order chi connectivity index (χ0) is 23.5. The number of hydrogen-bond acceptors (Lipinski definition) is 5. The summed E-state index contributed by atoms with van der Waals surface area (Å²) in [7, 11) is -4.36. The first-order valence-electron chi connectivity index (χ1n) is 10.2. The zero-order valence-electron chi connectivity index (χ0n) is 18.4. The summed E-state index contributed by atoms with van der Waals surface area (Å²) in [6.45, 7) is 8.36. The fraction of sp³-hybridized carbons (Fsp3) is 0.250. The highest BCUT2D eigenvalue weighted by molar-refractivity contribution is 7.86. The highest BCUT2D eigenvalue weighted by Crippen LogP contribution is 2.23. The standard InChI is InChI=1S/C24H26INO5S/c1-17(2)19-9-13-21(14-10-19)25(22-15-11-20(12-16-22)18(3)4)31-32(29,30)24-8-6-5-7-23(24)26(27)28/h5-18H,1-4H3/q+1. The minimum absolute atomic E-state index is 0.341. The Morgan fingerprint density at radius 1 is 0.781 bits per heavy atom. The average Bonchev–Trinajstić information content (AvgIpc) is 2.77. The van der Waals surface area contributed by atoms with Crippen LogP contribution in [0.15, 0.2) is 77.7 Å². The first kappa shape index (κ1) is 24.3. The Bertz CT molecular complexity index is 1140. The normalized spacial score (nSPS) is 12.0. The van der Waals surface area contributed by atoms with Gasteiger partial charge in [-0.25, -0.2) is 0 Å². The summed E-state index contributed by atoms with van der Waals surface area (Å²) in [6, 6.07) is 20.8. The Kier molecular flexibility index (Phi) is 7.68. The molecule has 0 unspecified atom stereocenters. The molecular formula is C24H26INO5S+. The Labute approximate surface area is 196 Å². The molecule has 0 aliphatic rings. The molecular weight excluding hydrogens is 541 g/mol. The van der Waals surface area contributed by atoms with E-state index in [4.69, 9.17) is 2.51 Å². The van der Waals surface area contributed by atoms with Gasteiger partial charge < -0.3 is 0 Å². The lowest BCUT2D eigenvalue weighted by Gasteiger charge is -2.10. The zero-order valence-corrected chi connectivity index (χ0v) is 21.3. The number of halogens is 1. The molecule has 0 N–H and O–H groups in total. The lowest BCUT2D eigenvalue weighted by molar-refractivity contribution is -1.03. The van der Waals surface area contributed by atoms with Crippen LogP contribution in [0.4, 0.5) is 5.69 Å². The van der Waals surface area contributed by atoms with Crippen molar-refractivity contribution in [1.82, 2.24) is 0 Å². The molecule has 6 nitrogen and oxygen atoms in total. The van der Waals surface area contributed by atoms with Crippen LogP contribution < -0.4 is 20.2 Å². The van der Waals surface area contributed by atoms with Gasteiger partial charge in [-0.1, -0.05) is 64.1 Å². The van der Waals surface area contributed by atoms with E-state index in [1.807, 2.05) is 48.5 Å². The van der Waals surface area contributed by atoms with Gasteiger partial charge in [-0.3, -0.25) is 10.1 Å². The van der Waals surface area contributed by atoms with E-state index in [0.717, 1.165) is 18.3 Å². The molecule has 1 radical (unpaired) electrons. The lowest BCUT2D eigenvalue weighted by Crippen LogP contribution is -3.85. The maximum Gasteiger partial charge on any atom is 0.342 e. The Morgan fingerprint density at radius 2 is 1.22 bits per heavy atom. The maximum atomic E-state index is 13.2. The summed E-state index contributed by atoms with van der Waals surface area (Å²) >= 11 is -2.94. The van der Waals surface area contributed by atoms with Gasteiger partial charge in [0.2, 0.25) is 0 Å². The maximum absolute atomic E-state index is 13.2. The molecule has 0 aromatic heterocycles. The third-order valence-corrected chi connectivity index (χ3v) is 12.3. The summed E-state index contributed by atoms with van der Waals surface area (Å²) in [5.41, 5.74) is 1.79. The Balaban J connectivity index is 2.07. The van der Waals surface area contributed by atoms with Crippen LogP contribution in [0.5, 0.6) is 0 Å². The topological polar surface area (TPSA) is 86.5 Å². The first-order valence-corrected chi connectivity index (χ1v) is 14.6. The third kappa shape index (κ3) is 5.54. The Hall–Kier alpha value is -2.30. The van der Waals surface area contributed by atoms with Crippen molar-refractivity contribution in [3.8, 4) is 0 Å². The summed E-state index contributed by atoms with van der Waals surface area (Å²) < 4.78 is 33.8. The number of nitro benzene ring substituents is 1. The van der Waals surface area contributed by atoms with Gasteiger partial charge in [0.05, 0.1) is 4.92 Å². The fourth-order valence-corrected chi connectivity index (χ4v) is 10.1. The van der Waals surface area contributed by atoms with E-state index in [9.17, 15) is 18.5 Å². The van der Waals surface area contributed by atoms with E-state index < -0.39 is 45.9 Å². The molecule has 0 fully saturated rings. The smallest absolute Gasteiger partial charge is 0.258 e. The van der Waals surface area contributed by atoms with Crippen LogP contribution in [-0.2, 0) is 12.6 Å². The molecule has 8 heteroatoms. The molecule has 0 aliphatic carbocycles. The van der Waals surface area contributed by atoms with Crippen LogP contribution in [0.3, 0.4) is 0 Å². The van der Waals surface area contributed by atoms with Crippen LogP contribution in [0, 0.1) is 17.3 Å². The molecule has 3 rings (SSSR count). The summed E-state index contributed by atoms with van der Waals surface area (Å²) in [4.78, 5) is 10.3. The van der Waals surface area contributed by atoms with Crippen LogP contribution in [0.2, 0.25) is 0 Å². The summed E-state index contributed by atoms with van der Waals surface area (Å²) in [5, 5.41) is 11.4. The van der Waals surface area contributed by atoms with Crippen LogP contribution >= 0.6 is 0 Å². The van der Waals surface area contributed by atoms with Crippen LogP contribution in [0.1, 0.15) is 50.7 Å². The molecule has 169 valence electrons. The third-order valence-electron chi connectivity index (χ3n) is 4.95. The van der Waals surface area contributed by atoms with E-state index >= 15 is 0 Å². The molecule has 0 saturated carbocycles. The van der Waals surface area contributed by atoms with Crippen molar-refractivity contribution < 1.29 is 36.1 Å². The molecule has 0 bridgehead atoms. The van der Waals surface area contributed by atoms with E-state index in [0.29, 0.717) is 11.8 Å². The summed E-state index contributed by atoms with van der Waals surface area (Å²) in [6.07, 6.45) is 0. The fourth-order valence-electron chi connectivity index (χ4n) is 3.06. The van der Waals surface area contributed by atoms with Crippen LogP contribution in [-0.4, -0.2) is 13.3 Å². The largest absolute Gasteiger partial charge is 0.342 e. The van der Waals surface area contributed by atoms with Crippen molar-refractivity contribution in [2.75, 3.05) is 0 Å². The van der Waals surface area contributed by atoms with Gasteiger partial charge in [-0.2, -0.15) is 8.42 Å². The highest BCUT2D eigenvalue weighted by Gasteiger charge is 2.40. The lowest BCUT2D eigenvalue weighted by atomic mass is 10.0. The van der Waals surface area contributed by atoms with Crippen molar-refractivity contribution in [2.45, 2.75) is 44.4 Å². The molecule has 3 aromatic carbocycles. The number of para-hydroxylation sites is 1. The quantitative estimate of drug-likeness (QED) is 0.238. The van der Waals surface area contributed by atoms with E-state index in [2.05, 4.69) is 27.7 Å². The first-order chi connectivity index (χ1) is 15.1.